The summed E-state index contributed by atoms with van der Waals surface area (Å²) >= 11 is 8.67. The van der Waals surface area contributed by atoms with E-state index in [1.54, 1.807) is 0 Å². The van der Waals surface area contributed by atoms with Crippen LogP contribution >= 0.6 is 25.3 Å². The lowest BCUT2D eigenvalue weighted by Gasteiger charge is -2.21. The van der Waals surface area contributed by atoms with Gasteiger partial charge in [0.15, 0.2) is 0 Å². The van der Waals surface area contributed by atoms with Gasteiger partial charge in [0.25, 0.3) is 0 Å². The molecule has 38 heavy (non-hydrogen) atoms. The van der Waals surface area contributed by atoms with Crippen LogP contribution < -0.4 is 10.5 Å². The molecule has 1 unspecified atom stereocenters. The second kappa shape index (κ2) is 17.9. The number of benzene rings is 2. The Balaban J connectivity index is 1.48. The minimum Gasteiger partial charge on any atom is -0.360 e. The molecule has 0 aliphatic rings. The van der Waals surface area contributed by atoms with Crippen molar-refractivity contribution in [2.45, 2.75) is 49.8 Å². The molecule has 3 N–H and O–H groups in total. The van der Waals surface area contributed by atoms with Gasteiger partial charge >= 0.3 is 0 Å². The maximum absolute atomic E-state index is 11.6. The molecule has 0 amide bonds. The number of unbranched alkanes of at least 4 members (excludes halogenated alkanes) is 5. The molecule has 1 atom stereocenters. The number of aromatic nitrogens is 1. The zero-order valence-corrected chi connectivity index (χ0v) is 24.8. The first kappa shape index (κ1) is 30.9. The standard InChI is InChI=1S/C29H42N4O2S3/c30-38(34)26-15-13-24(14-16-26)28-27(35-32-29(28)25-10-6-5-7-11-25)12-8-3-1-2-4-9-19-33(21-23-37)20-17-31-18-22-36/h5-7,10-11,13-16,31,36-37H,1-4,8-9,12,17-23,30H2. The quantitative estimate of drug-likeness (QED) is 0.110. The highest BCUT2D eigenvalue weighted by atomic mass is 32.2. The predicted molar refractivity (Wildman–Crippen MR) is 166 cm³/mol. The van der Waals surface area contributed by atoms with Crippen LogP contribution in [0.3, 0.4) is 0 Å². The molecule has 0 radical (unpaired) electrons. The van der Waals surface area contributed by atoms with E-state index >= 15 is 0 Å². The topological polar surface area (TPSA) is 84.4 Å². The molecule has 0 fully saturated rings. The molecule has 0 saturated heterocycles. The van der Waals surface area contributed by atoms with E-state index in [-0.39, 0.29) is 0 Å². The summed E-state index contributed by atoms with van der Waals surface area (Å²) in [6, 6.07) is 17.6. The number of aryl methyl sites for hydroxylation is 1. The van der Waals surface area contributed by atoms with E-state index in [0.717, 1.165) is 85.2 Å². The van der Waals surface area contributed by atoms with Crippen LogP contribution in [0, 0.1) is 0 Å². The van der Waals surface area contributed by atoms with Crippen molar-refractivity contribution in [3.8, 4) is 22.4 Å². The van der Waals surface area contributed by atoms with Crippen molar-refractivity contribution < 1.29 is 8.73 Å². The summed E-state index contributed by atoms with van der Waals surface area (Å²) in [4.78, 5) is 3.11. The Morgan fingerprint density at radius 3 is 2.21 bits per heavy atom. The maximum Gasteiger partial charge on any atom is 0.145 e. The fourth-order valence-corrected chi connectivity index (χ4v) is 5.43. The van der Waals surface area contributed by atoms with Crippen LogP contribution in [-0.2, 0) is 17.4 Å². The van der Waals surface area contributed by atoms with Crippen LogP contribution in [0.2, 0.25) is 0 Å². The van der Waals surface area contributed by atoms with Crippen LogP contribution in [-0.4, -0.2) is 58.5 Å². The molecule has 0 spiro atoms. The summed E-state index contributed by atoms with van der Waals surface area (Å²) in [6.07, 6.45) is 8.04. The number of hydrogen-bond acceptors (Lipinski definition) is 7. The van der Waals surface area contributed by atoms with Crippen LogP contribution in [0.5, 0.6) is 0 Å². The van der Waals surface area contributed by atoms with Gasteiger partial charge in [-0.1, -0.05) is 73.3 Å². The summed E-state index contributed by atoms with van der Waals surface area (Å²) in [6.45, 7) is 5.24. The molecule has 0 aliphatic carbocycles. The van der Waals surface area contributed by atoms with E-state index in [1.165, 1.54) is 32.1 Å². The van der Waals surface area contributed by atoms with Crippen molar-refractivity contribution in [1.82, 2.24) is 15.4 Å². The molecule has 0 bridgehead atoms. The summed E-state index contributed by atoms with van der Waals surface area (Å²) < 4.78 is 17.5. The van der Waals surface area contributed by atoms with Crippen LogP contribution in [0.4, 0.5) is 0 Å². The van der Waals surface area contributed by atoms with E-state index in [9.17, 15) is 4.21 Å². The number of rotatable bonds is 19. The largest absolute Gasteiger partial charge is 0.360 e. The van der Waals surface area contributed by atoms with Gasteiger partial charge in [-0.25, -0.2) is 9.35 Å². The lowest BCUT2D eigenvalue weighted by atomic mass is 9.97. The fraction of sp³-hybridized carbons (Fsp3) is 0.483. The lowest BCUT2D eigenvalue weighted by molar-refractivity contribution is 0.283. The third kappa shape index (κ3) is 10.2. The molecule has 208 valence electrons. The van der Waals surface area contributed by atoms with Gasteiger partial charge in [0.05, 0.1) is 10.5 Å². The van der Waals surface area contributed by atoms with Crippen LogP contribution in [0.25, 0.3) is 22.4 Å². The highest BCUT2D eigenvalue weighted by Crippen LogP contribution is 2.35. The van der Waals surface area contributed by atoms with Crippen molar-refractivity contribution in [1.29, 1.82) is 0 Å². The molecular formula is C29H42N4O2S3. The van der Waals surface area contributed by atoms with Gasteiger partial charge in [0, 0.05) is 49.7 Å². The molecule has 2 aromatic carbocycles. The lowest BCUT2D eigenvalue weighted by Crippen LogP contribution is -2.34. The predicted octanol–water partition coefficient (Wildman–Crippen LogP) is 5.62. The maximum atomic E-state index is 11.6. The summed E-state index contributed by atoms with van der Waals surface area (Å²) in [5, 5.41) is 13.4. The van der Waals surface area contributed by atoms with Gasteiger partial charge in [0.1, 0.15) is 22.4 Å². The second-order valence-electron chi connectivity index (χ2n) is 9.43. The Bertz CT molecular complexity index is 1080. The number of thiol groups is 2. The van der Waals surface area contributed by atoms with Gasteiger partial charge in [-0.05, 0) is 37.1 Å². The number of nitrogens with two attached hydrogens (primary N) is 1. The van der Waals surface area contributed by atoms with Crippen molar-refractivity contribution >= 4 is 36.2 Å². The van der Waals surface area contributed by atoms with E-state index in [4.69, 9.17) is 9.66 Å². The Morgan fingerprint density at radius 2 is 1.53 bits per heavy atom. The molecule has 1 aromatic heterocycles. The summed E-state index contributed by atoms with van der Waals surface area (Å²) in [7, 11) is -1.50. The Hall–Kier alpha value is -1.62. The Labute approximate surface area is 241 Å². The Morgan fingerprint density at radius 1 is 0.816 bits per heavy atom. The van der Waals surface area contributed by atoms with Crippen molar-refractivity contribution in [3.63, 3.8) is 0 Å². The van der Waals surface area contributed by atoms with E-state index in [1.807, 2.05) is 54.6 Å². The van der Waals surface area contributed by atoms with Gasteiger partial charge in [-0.2, -0.15) is 25.3 Å². The zero-order valence-electron chi connectivity index (χ0n) is 22.2. The molecule has 3 aromatic rings. The van der Waals surface area contributed by atoms with Gasteiger partial charge in [-0.3, -0.25) is 0 Å². The first-order valence-corrected chi connectivity index (χ1v) is 16.1. The monoisotopic (exact) mass is 574 g/mol. The number of nitrogens with zero attached hydrogens (tertiary/aromatic N) is 2. The number of nitrogens with one attached hydrogen (secondary N) is 1. The van der Waals surface area contributed by atoms with Crippen LogP contribution in [0.1, 0.15) is 44.3 Å². The first-order valence-electron chi connectivity index (χ1n) is 13.6. The van der Waals surface area contributed by atoms with E-state index in [2.05, 4.69) is 40.6 Å². The second-order valence-corrected chi connectivity index (χ2v) is 11.4. The molecule has 9 heteroatoms. The molecule has 0 saturated carbocycles. The highest BCUT2D eigenvalue weighted by molar-refractivity contribution is 7.82. The van der Waals surface area contributed by atoms with E-state index in [0.29, 0.717) is 4.90 Å². The van der Waals surface area contributed by atoms with Crippen molar-refractivity contribution in [2.24, 2.45) is 5.14 Å². The minimum absolute atomic E-state index is 0.604. The molecule has 3 rings (SSSR count). The average molecular weight is 575 g/mol. The zero-order chi connectivity index (χ0) is 27.0. The molecule has 0 aliphatic heterocycles. The van der Waals surface area contributed by atoms with Crippen molar-refractivity contribution in [3.05, 3.63) is 60.4 Å². The van der Waals surface area contributed by atoms with E-state index < -0.39 is 11.0 Å². The first-order chi connectivity index (χ1) is 18.6. The van der Waals surface area contributed by atoms with Gasteiger partial charge < -0.3 is 14.7 Å². The highest BCUT2D eigenvalue weighted by Gasteiger charge is 2.19. The molecule has 1 heterocycles. The van der Waals surface area contributed by atoms with Crippen molar-refractivity contribution in [2.75, 3.05) is 44.2 Å². The normalized spacial score (nSPS) is 12.3. The summed E-state index contributed by atoms with van der Waals surface area (Å²) in [5.41, 5.74) is 3.88. The third-order valence-electron chi connectivity index (χ3n) is 6.62. The molecule has 6 nitrogen and oxygen atoms in total. The minimum atomic E-state index is -1.50. The molecular weight excluding hydrogens is 533 g/mol. The average Bonchev–Trinajstić information content (AvgIpc) is 3.36. The fourth-order valence-electron chi connectivity index (χ4n) is 4.59. The van der Waals surface area contributed by atoms with Crippen LogP contribution in [0.15, 0.2) is 64.0 Å². The van der Waals surface area contributed by atoms with Gasteiger partial charge in [0.2, 0.25) is 0 Å². The number of hydrogen-bond donors (Lipinski definition) is 4. The third-order valence-corrected chi connectivity index (χ3v) is 7.78. The SMILES string of the molecule is NS(=O)c1ccc(-c2c(-c3ccccc3)noc2CCCCCCCCN(CCS)CCNCCS)cc1. The summed E-state index contributed by atoms with van der Waals surface area (Å²) in [5.74, 6) is 2.68. The Kier molecular flexibility index (Phi) is 14.5. The smallest absolute Gasteiger partial charge is 0.145 e. The van der Waals surface area contributed by atoms with Gasteiger partial charge in [-0.15, -0.1) is 0 Å².